The van der Waals surface area contributed by atoms with Crippen LogP contribution in [0.25, 0.3) is 0 Å². The number of hydrogen-bond donors (Lipinski definition) is 0. The summed E-state index contributed by atoms with van der Waals surface area (Å²) >= 11 is 0. The van der Waals surface area contributed by atoms with Gasteiger partial charge in [-0.2, -0.15) is 0 Å². The third-order valence-electron chi connectivity index (χ3n) is 4.95. The Balaban J connectivity index is 2.00. The van der Waals surface area contributed by atoms with Gasteiger partial charge in [0.15, 0.2) is 0 Å². The maximum atomic E-state index is 8.40. The average Bonchev–Trinajstić information content (AvgIpc) is 2.32. The highest BCUT2D eigenvalue weighted by molar-refractivity contribution is 4.90. The Morgan fingerprint density at radius 3 is 1.74 bits per heavy atom. The van der Waals surface area contributed by atoms with E-state index in [0.29, 0.717) is 17.9 Å². The minimum Gasteiger partial charge on any atom is -0.302 e. The van der Waals surface area contributed by atoms with Crippen molar-refractivity contribution in [3.63, 3.8) is 0 Å². The van der Waals surface area contributed by atoms with E-state index in [9.17, 15) is 0 Å². The average molecular weight is 270 g/mol. The maximum Gasteiger partial charge on any atom is 0.0434 e. The summed E-state index contributed by atoms with van der Waals surface area (Å²) in [6.45, 7) is 10.2. The summed E-state index contributed by atoms with van der Waals surface area (Å²) in [7, 11) is 0. The van der Waals surface area contributed by atoms with E-state index >= 15 is 0 Å². The highest BCUT2D eigenvalue weighted by Crippen LogP contribution is 2.41. The van der Waals surface area contributed by atoms with Crippen LogP contribution >= 0.6 is 0 Å². The molecule has 0 aromatic rings. The van der Waals surface area contributed by atoms with Crippen LogP contribution in [0.5, 0.6) is 0 Å². The Morgan fingerprint density at radius 2 is 1.32 bits per heavy atom. The van der Waals surface area contributed by atoms with Crippen LogP contribution in [0.1, 0.15) is 72.7 Å². The Morgan fingerprint density at radius 1 is 0.842 bits per heavy atom. The van der Waals surface area contributed by atoms with Crippen LogP contribution in [-0.4, -0.2) is 24.4 Å². The molecule has 1 heterocycles. The van der Waals surface area contributed by atoms with Gasteiger partial charge in [0.25, 0.3) is 0 Å². The fraction of sp³-hybridized carbons (Fsp3) is 1.00. The molecule has 0 unspecified atom stereocenters. The van der Waals surface area contributed by atoms with Crippen LogP contribution in [0.3, 0.4) is 0 Å². The molecule has 2 fully saturated rings. The van der Waals surface area contributed by atoms with Gasteiger partial charge in [-0.25, -0.2) is 0 Å². The Hall–Kier alpha value is -0.0400. The molecule has 0 aromatic heterocycles. The molecule has 1 heteroatoms. The fourth-order valence-electron chi connectivity index (χ4n) is 3.27. The van der Waals surface area contributed by atoms with E-state index < -0.39 is 18.9 Å². The second-order valence-electron chi connectivity index (χ2n) is 8.75. The summed E-state index contributed by atoms with van der Waals surface area (Å²) in [4.78, 5) is 1.50. The van der Waals surface area contributed by atoms with Gasteiger partial charge in [-0.15, -0.1) is 0 Å². The number of hydrogen-bond acceptors (Lipinski definition) is 1. The first-order valence-corrected chi connectivity index (χ1v) is 7.96. The number of nitrogens with zero attached hydrogens (tertiary/aromatic N) is 1. The largest absolute Gasteiger partial charge is 0.302 e. The van der Waals surface area contributed by atoms with Crippen molar-refractivity contribution in [1.82, 2.24) is 4.90 Å². The summed E-state index contributed by atoms with van der Waals surface area (Å²) in [6, 6.07) is 0. The highest BCUT2D eigenvalue weighted by atomic mass is 15.2. The molecular formula is C18H35N. The van der Waals surface area contributed by atoms with Crippen molar-refractivity contribution >= 4 is 0 Å². The van der Waals surface area contributed by atoms with E-state index in [1.807, 2.05) is 20.8 Å². The van der Waals surface area contributed by atoms with Gasteiger partial charge in [0, 0.05) is 25.0 Å². The molecule has 19 heavy (non-hydrogen) atoms. The van der Waals surface area contributed by atoms with Crippen molar-refractivity contribution in [3.8, 4) is 0 Å². The molecule has 1 aliphatic heterocycles. The zero-order chi connectivity index (χ0) is 17.8. The molecule has 1 nitrogen and oxygen atoms in total. The highest BCUT2D eigenvalue weighted by Gasteiger charge is 2.37. The molecule has 0 amide bonds. The smallest absolute Gasteiger partial charge is 0.0434 e. The van der Waals surface area contributed by atoms with Gasteiger partial charge < -0.3 is 4.90 Å². The van der Waals surface area contributed by atoms with Crippen molar-refractivity contribution in [1.29, 1.82) is 0 Å². The Bertz CT molecular complexity index is 409. The second kappa shape index (κ2) is 5.39. The lowest BCUT2D eigenvalue weighted by molar-refractivity contribution is 0.00514. The monoisotopic (exact) mass is 269 g/mol. The predicted molar refractivity (Wildman–Crippen MR) is 84.3 cm³/mol. The first kappa shape index (κ1) is 10.7. The summed E-state index contributed by atoms with van der Waals surface area (Å²) in [5.74, 6) is 0.596. The number of likely N-dealkylation sites (tertiary alicyclic amines) is 1. The van der Waals surface area contributed by atoms with E-state index in [1.165, 1.54) is 17.7 Å². The normalized spacial score (nSPS) is 39.7. The zero-order valence-corrected chi connectivity index (χ0v) is 13.7. The van der Waals surface area contributed by atoms with E-state index in [1.54, 1.807) is 0 Å². The van der Waals surface area contributed by atoms with Gasteiger partial charge in [0.05, 0.1) is 0 Å². The fourth-order valence-corrected chi connectivity index (χ4v) is 3.27. The molecule has 1 saturated heterocycles. The Labute approximate surface area is 126 Å². The molecule has 2 rings (SSSR count). The van der Waals surface area contributed by atoms with Crippen LogP contribution in [0.4, 0.5) is 0 Å². The first-order chi connectivity index (χ1) is 10.2. The van der Waals surface area contributed by atoms with E-state index in [2.05, 4.69) is 20.8 Å². The van der Waals surface area contributed by atoms with E-state index in [-0.39, 0.29) is 5.41 Å². The van der Waals surface area contributed by atoms with Crippen molar-refractivity contribution < 1.29 is 5.48 Å². The molecule has 0 radical (unpaired) electrons. The van der Waals surface area contributed by atoms with Crippen LogP contribution in [0.2, 0.25) is 0 Å². The summed E-state index contributed by atoms with van der Waals surface area (Å²) < 4.78 is 33.6. The van der Waals surface area contributed by atoms with Crippen LogP contribution in [0.15, 0.2) is 0 Å². The van der Waals surface area contributed by atoms with Gasteiger partial charge >= 0.3 is 0 Å². The third kappa shape index (κ3) is 3.97. The molecule has 0 spiro atoms. The van der Waals surface area contributed by atoms with Crippen molar-refractivity contribution in [2.75, 3.05) is 19.5 Å². The summed E-state index contributed by atoms with van der Waals surface area (Å²) in [5, 5.41) is 0. The van der Waals surface area contributed by atoms with Gasteiger partial charge in [-0.05, 0) is 54.3 Å². The summed E-state index contributed by atoms with van der Waals surface area (Å²) in [6.07, 6.45) is 4.59. The third-order valence-corrected chi connectivity index (χ3v) is 4.95. The van der Waals surface area contributed by atoms with E-state index in [0.717, 1.165) is 18.8 Å². The molecule has 0 bridgehead atoms. The quantitative estimate of drug-likeness (QED) is 0.695. The predicted octanol–water partition coefficient (Wildman–Crippen LogP) is 4.82. The molecule has 0 N–H and O–H groups in total. The molecule has 2 aliphatic rings. The minimum atomic E-state index is -1.54. The van der Waals surface area contributed by atoms with Gasteiger partial charge in [0.2, 0.25) is 0 Å². The molecule has 0 aromatic carbocycles. The lowest BCUT2D eigenvalue weighted by Gasteiger charge is -2.48. The Kier molecular flexibility index (Phi) is 3.02. The molecule has 0 atom stereocenters. The standard InChI is InChI=1S/C18H35N/c1-17(2,3)15-9-7-14(8-10-15)11-19-12-16(13-19)18(4,5)6/h14-16H,7-13H2,1-6H3/i12D2,13D2. The van der Waals surface area contributed by atoms with Crippen molar-refractivity contribution in [3.05, 3.63) is 0 Å². The van der Waals surface area contributed by atoms with Crippen molar-refractivity contribution in [2.24, 2.45) is 28.6 Å². The second-order valence-corrected chi connectivity index (χ2v) is 8.75. The van der Waals surface area contributed by atoms with Gasteiger partial charge in [0.1, 0.15) is 0 Å². The van der Waals surface area contributed by atoms with Gasteiger partial charge in [-0.1, -0.05) is 41.5 Å². The maximum absolute atomic E-state index is 8.40. The van der Waals surface area contributed by atoms with Crippen LogP contribution < -0.4 is 0 Å². The molecule has 112 valence electrons. The van der Waals surface area contributed by atoms with Crippen LogP contribution in [0, 0.1) is 28.6 Å². The van der Waals surface area contributed by atoms with Crippen LogP contribution in [-0.2, 0) is 0 Å². The molecule has 1 aliphatic carbocycles. The van der Waals surface area contributed by atoms with Gasteiger partial charge in [-0.3, -0.25) is 0 Å². The SMILES string of the molecule is [2H]C1([2H])C(C(C)(C)C)C([2H])([2H])N1CC1CCC(C(C)(C)C)CC1. The van der Waals surface area contributed by atoms with E-state index in [4.69, 9.17) is 5.48 Å². The molecular weight excluding hydrogens is 230 g/mol. The molecule has 1 saturated carbocycles. The lowest BCUT2D eigenvalue weighted by Crippen LogP contribution is -2.53. The first-order valence-electron chi connectivity index (χ1n) is 9.96. The lowest BCUT2D eigenvalue weighted by atomic mass is 9.69. The van der Waals surface area contributed by atoms with Crippen molar-refractivity contribution in [2.45, 2.75) is 67.2 Å². The summed E-state index contributed by atoms with van der Waals surface area (Å²) in [5.41, 5.74) is -0.0182. The minimum absolute atomic E-state index is 0.349. The topological polar surface area (TPSA) is 3.24 Å². The number of rotatable bonds is 2. The zero-order valence-electron chi connectivity index (χ0n) is 17.7.